The number of hydrazone groups is 1. The average Bonchev–Trinajstić information content (AvgIpc) is 2.69. The van der Waals surface area contributed by atoms with Crippen molar-refractivity contribution in [1.82, 2.24) is 9.97 Å². The van der Waals surface area contributed by atoms with Gasteiger partial charge in [-0.3, -0.25) is 9.78 Å². The van der Waals surface area contributed by atoms with E-state index in [1.807, 2.05) is 0 Å². The van der Waals surface area contributed by atoms with Crippen LogP contribution in [0.1, 0.15) is 11.1 Å². The zero-order valence-electron chi connectivity index (χ0n) is 15.2. The van der Waals surface area contributed by atoms with Gasteiger partial charge in [0.15, 0.2) is 0 Å². The van der Waals surface area contributed by atoms with Crippen LogP contribution in [0.3, 0.4) is 0 Å². The highest BCUT2D eigenvalue weighted by Crippen LogP contribution is 2.26. The summed E-state index contributed by atoms with van der Waals surface area (Å²) in [5.74, 6) is -4.04. The van der Waals surface area contributed by atoms with Gasteiger partial charge in [0, 0.05) is 17.7 Å². The Labute approximate surface area is 170 Å². The predicted molar refractivity (Wildman–Crippen MR) is 99.3 cm³/mol. The van der Waals surface area contributed by atoms with Crippen LogP contribution in [-0.2, 0) is 0 Å². The number of H-pyrrole nitrogens is 1. The van der Waals surface area contributed by atoms with Gasteiger partial charge < -0.3 is 4.74 Å². The van der Waals surface area contributed by atoms with Crippen molar-refractivity contribution < 1.29 is 26.7 Å². The largest absolute Gasteiger partial charge is 0.573 e. The van der Waals surface area contributed by atoms with Gasteiger partial charge in [-0.05, 0) is 0 Å². The number of aromatic amines is 1. The van der Waals surface area contributed by atoms with E-state index >= 15 is 0 Å². The molecule has 3 aromatic rings. The summed E-state index contributed by atoms with van der Waals surface area (Å²) < 4.78 is 67.9. The molecule has 158 valence electrons. The van der Waals surface area contributed by atoms with E-state index in [9.17, 15) is 32.0 Å². The molecular weight excluding hydrogens is 425 g/mol. The predicted octanol–water partition coefficient (Wildman–Crippen LogP) is 3.93. The first-order valence-corrected chi connectivity index (χ1v) is 8.31. The molecule has 31 heavy (non-hydrogen) atoms. The van der Waals surface area contributed by atoms with Crippen molar-refractivity contribution in [3.8, 4) is 23.1 Å². The zero-order chi connectivity index (χ0) is 22.6. The molecule has 7 nitrogen and oxygen atoms in total. The lowest BCUT2D eigenvalue weighted by molar-refractivity contribution is -0.274. The molecule has 0 amide bonds. The van der Waals surface area contributed by atoms with Crippen molar-refractivity contribution >= 4 is 12.2 Å². The summed E-state index contributed by atoms with van der Waals surface area (Å²) in [6.07, 6.45) is -4.47. The van der Waals surface area contributed by atoms with E-state index in [1.54, 1.807) is 36.4 Å². The molecule has 2 aromatic carbocycles. The fraction of sp³-hybridized carbons (Fsp3) is 0.0526. The molecule has 0 saturated carbocycles. The molecule has 0 saturated heterocycles. The zero-order valence-corrected chi connectivity index (χ0v) is 15.2. The van der Waals surface area contributed by atoms with E-state index in [-0.39, 0.29) is 17.2 Å². The lowest BCUT2D eigenvalue weighted by atomic mass is 10.1. The number of aromatic nitrogens is 2. The highest BCUT2D eigenvalue weighted by atomic mass is 19.4. The Morgan fingerprint density at radius 3 is 2.39 bits per heavy atom. The Bertz CT molecular complexity index is 1210. The summed E-state index contributed by atoms with van der Waals surface area (Å²) in [7, 11) is 0. The van der Waals surface area contributed by atoms with E-state index in [1.165, 1.54) is 0 Å². The summed E-state index contributed by atoms with van der Waals surface area (Å²) in [4.78, 5) is 18.4. The van der Waals surface area contributed by atoms with Crippen LogP contribution >= 0.6 is 0 Å². The summed E-state index contributed by atoms with van der Waals surface area (Å²) in [6, 6.07) is 10.7. The number of alkyl halides is 3. The van der Waals surface area contributed by atoms with Gasteiger partial charge in [-0.15, -0.1) is 13.2 Å². The molecule has 0 unspecified atom stereocenters. The maximum absolute atomic E-state index is 13.9. The third-order valence-corrected chi connectivity index (χ3v) is 3.73. The van der Waals surface area contributed by atoms with Gasteiger partial charge in [-0.1, -0.05) is 30.3 Å². The van der Waals surface area contributed by atoms with Gasteiger partial charge in [0.25, 0.3) is 5.56 Å². The second-order valence-electron chi connectivity index (χ2n) is 5.83. The molecule has 0 spiro atoms. The van der Waals surface area contributed by atoms with E-state index in [0.717, 1.165) is 0 Å². The van der Waals surface area contributed by atoms with Crippen molar-refractivity contribution in [2.24, 2.45) is 5.10 Å². The second-order valence-corrected chi connectivity index (χ2v) is 5.83. The molecule has 0 aliphatic carbocycles. The number of nitriles is 1. The van der Waals surface area contributed by atoms with Crippen LogP contribution in [0.25, 0.3) is 11.3 Å². The summed E-state index contributed by atoms with van der Waals surface area (Å²) in [5.41, 5.74) is 0.978. The molecule has 0 atom stereocenters. The van der Waals surface area contributed by atoms with Crippen LogP contribution < -0.4 is 15.7 Å². The number of nitrogens with one attached hydrogen (secondary N) is 2. The second kappa shape index (κ2) is 8.62. The molecule has 3 rings (SSSR count). The molecule has 12 heteroatoms. The van der Waals surface area contributed by atoms with E-state index in [4.69, 9.17) is 0 Å². The third kappa shape index (κ3) is 5.21. The highest BCUT2D eigenvalue weighted by Gasteiger charge is 2.31. The molecule has 1 heterocycles. The van der Waals surface area contributed by atoms with Gasteiger partial charge in [-0.2, -0.15) is 10.4 Å². The lowest BCUT2D eigenvalue weighted by Gasteiger charge is -2.10. The van der Waals surface area contributed by atoms with Crippen molar-refractivity contribution in [2.45, 2.75) is 6.36 Å². The summed E-state index contributed by atoms with van der Waals surface area (Å²) >= 11 is 0. The third-order valence-electron chi connectivity index (χ3n) is 3.73. The van der Waals surface area contributed by atoms with Crippen LogP contribution in [0.15, 0.2) is 52.4 Å². The Kier molecular flexibility index (Phi) is 5.96. The van der Waals surface area contributed by atoms with Gasteiger partial charge >= 0.3 is 6.36 Å². The Morgan fingerprint density at radius 1 is 1.16 bits per heavy atom. The normalized spacial score (nSPS) is 11.4. The Hall–Kier alpha value is -4.27. The van der Waals surface area contributed by atoms with Crippen LogP contribution in [-0.4, -0.2) is 22.5 Å². The summed E-state index contributed by atoms with van der Waals surface area (Å²) in [5, 5.41) is 12.7. The van der Waals surface area contributed by atoms with Crippen LogP contribution in [0, 0.1) is 23.0 Å². The van der Waals surface area contributed by atoms with Crippen molar-refractivity contribution in [2.75, 3.05) is 5.43 Å². The van der Waals surface area contributed by atoms with Gasteiger partial charge in [0.2, 0.25) is 5.95 Å². The molecule has 0 aliphatic rings. The molecule has 0 radical (unpaired) electrons. The fourth-order valence-electron chi connectivity index (χ4n) is 2.47. The number of benzene rings is 2. The molecule has 0 aliphatic heterocycles. The van der Waals surface area contributed by atoms with Crippen LogP contribution in [0.5, 0.6) is 5.75 Å². The molecule has 1 aromatic heterocycles. The van der Waals surface area contributed by atoms with Crippen LogP contribution in [0.2, 0.25) is 0 Å². The first kappa shape index (κ1) is 21.4. The standard InChI is InChI=1S/C19H10F5N5O2/c20-14-6-11(31-19(22,23)24)7-15(21)13(14)9-26-29-18-27-16(10-4-2-1-3-5-10)12(8-25)17(30)28-18/h1-7,9H,(H2,27,28,29,30). The quantitative estimate of drug-likeness (QED) is 0.359. The number of nitrogens with zero attached hydrogens (tertiary/aromatic N) is 3. The minimum absolute atomic E-state index is 0.0514. The first-order valence-electron chi connectivity index (χ1n) is 8.31. The average molecular weight is 435 g/mol. The minimum Gasteiger partial charge on any atom is -0.406 e. The molecule has 0 fully saturated rings. The molecular formula is C19H10F5N5O2. The number of halogens is 5. The number of ether oxygens (including phenoxy) is 1. The van der Waals surface area contributed by atoms with E-state index in [0.29, 0.717) is 23.9 Å². The van der Waals surface area contributed by atoms with Crippen molar-refractivity contribution in [3.63, 3.8) is 0 Å². The number of anilines is 1. The van der Waals surface area contributed by atoms with Crippen molar-refractivity contribution in [1.29, 1.82) is 5.26 Å². The van der Waals surface area contributed by atoms with Crippen LogP contribution in [0.4, 0.5) is 27.9 Å². The van der Waals surface area contributed by atoms with Gasteiger partial charge in [0.05, 0.1) is 17.5 Å². The van der Waals surface area contributed by atoms with Gasteiger partial charge in [0.1, 0.15) is 29.0 Å². The topological polar surface area (TPSA) is 103 Å². The smallest absolute Gasteiger partial charge is 0.406 e. The highest BCUT2D eigenvalue weighted by molar-refractivity contribution is 5.81. The molecule has 2 N–H and O–H groups in total. The number of hydrogen-bond acceptors (Lipinski definition) is 6. The van der Waals surface area contributed by atoms with E-state index < -0.39 is 34.9 Å². The lowest BCUT2D eigenvalue weighted by Crippen LogP contribution is -2.17. The number of rotatable bonds is 5. The fourth-order valence-corrected chi connectivity index (χ4v) is 2.47. The Morgan fingerprint density at radius 2 is 1.81 bits per heavy atom. The number of hydrogen-bond donors (Lipinski definition) is 2. The summed E-state index contributed by atoms with van der Waals surface area (Å²) in [6.45, 7) is 0. The monoisotopic (exact) mass is 435 g/mol. The molecule has 0 bridgehead atoms. The maximum Gasteiger partial charge on any atom is 0.573 e. The SMILES string of the molecule is N#Cc1c(-c2ccccc2)nc(NN=Cc2c(F)cc(OC(F)(F)F)cc2F)[nH]c1=O. The van der Waals surface area contributed by atoms with E-state index in [2.05, 4.69) is 25.2 Å². The van der Waals surface area contributed by atoms with Crippen molar-refractivity contribution in [3.05, 3.63) is 75.6 Å². The minimum atomic E-state index is -5.11. The first-order chi connectivity index (χ1) is 14.7. The van der Waals surface area contributed by atoms with Gasteiger partial charge in [-0.25, -0.2) is 19.2 Å². The Balaban J connectivity index is 1.87. The maximum atomic E-state index is 13.9.